The number of para-hydroxylation sites is 1. The first-order chi connectivity index (χ1) is 11.9. The Morgan fingerprint density at radius 3 is 2.33 bits per heavy atom. The van der Waals surface area contributed by atoms with Gasteiger partial charge in [-0.25, -0.2) is 4.98 Å². The molecular formula is C22H14N2. The summed E-state index contributed by atoms with van der Waals surface area (Å²) in [6, 6.07) is 23.1. The number of pyridine rings is 2. The Morgan fingerprint density at radius 1 is 0.708 bits per heavy atom. The number of nitrogens with zero attached hydrogens (tertiary/aromatic N) is 2. The molecule has 0 saturated carbocycles. The maximum Gasteiger partial charge on any atom is 0.0794 e. The van der Waals surface area contributed by atoms with E-state index in [1.807, 2.05) is 30.6 Å². The van der Waals surface area contributed by atoms with Gasteiger partial charge in [-0.1, -0.05) is 42.5 Å². The van der Waals surface area contributed by atoms with Crippen LogP contribution in [0, 0.1) is 0 Å². The van der Waals surface area contributed by atoms with E-state index < -0.39 is 0 Å². The second-order valence-electron chi connectivity index (χ2n) is 5.96. The Balaban J connectivity index is 1.83. The van der Waals surface area contributed by atoms with E-state index in [-0.39, 0.29) is 0 Å². The van der Waals surface area contributed by atoms with E-state index in [2.05, 4.69) is 59.6 Å². The molecule has 5 rings (SSSR count). The summed E-state index contributed by atoms with van der Waals surface area (Å²) in [6.45, 7) is 0. The molecule has 0 spiro atoms. The van der Waals surface area contributed by atoms with Gasteiger partial charge in [0.25, 0.3) is 0 Å². The van der Waals surface area contributed by atoms with Gasteiger partial charge >= 0.3 is 0 Å². The Hall–Kier alpha value is -3.26. The molecule has 4 aromatic rings. The largest absolute Gasteiger partial charge is 0.265 e. The summed E-state index contributed by atoms with van der Waals surface area (Å²) in [7, 11) is 0. The van der Waals surface area contributed by atoms with Crippen LogP contribution in [-0.4, -0.2) is 9.97 Å². The van der Waals surface area contributed by atoms with Crippen LogP contribution >= 0.6 is 0 Å². The van der Waals surface area contributed by atoms with Crippen molar-refractivity contribution in [3.8, 4) is 11.3 Å². The molecule has 0 atom stereocenters. The van der Waals surface area contributed by atoms with E-state index in [0.29, 0.717) is 0 Å². The van der Waals surface area contributed by atoms with E-state index in [0.717, 1.165) is 16.8 Å². The predicted molar refractivity (Wildman–Crippen MR) is 98.4 cm³/mol. The number of benzene rings is 2. The lowest BCUT2D eigenvalue weighted by Crippen LogP contribution is -1.87. The molecule has 1 aliphatic rings. The standard InChI is InChI=1S/C22H14N2/c1-4-8-21-16(5-1)14-20-19(13-15-9-11-23-12-10-15)17-6-2-3-7-18(17)22(20)24-21/h1-14H. The molecule has 2 heteroatoms. The van der Waals surface area contributed by atoms with Gasteiger partial charge in [0.15, 0.2) is 0 Å². The topological polar surface area (TPSA) is 25.8 Å². The lowest BCUT2D eigenvalue weighted by molar-refractivity contribution is 1.32. The number of fused-ring (bicyclic) bond motifs is 4. The molecule has 2 heterocycles. The van der Waals surface area contributed by atoms with Crippen LogP contribution in [0.2, 0.25) is 0 Å². The molecule has 2 aromatic heterocycles. The van der Waals surface area contributed by atoms with E-state index in [4.69, 9.17) is 4.98 Å². The molecule has 112 valence electrons. The number of hydrogen-bond acceptors (Lipinski definition) is 2. The third-order valence-electron chi connectivity index (χ3n) is 4.50. The van der Waals surface area contributed by atoms with E-state index in [1.165, 1.54) is 27.6 Å². The third-order valence-corrected chi connectivity index (χ3v) is 4.50. The molecule has 0 bridgehead atoms. The molecule has 0 fully saturated rings. The first kappa shape index (κ1) is 13.2. The number of rotatable bonds is 1. The summed E-state index contributed by atoms with van der Waals surface area (Å²) in [5.41, 5.74) is 8.14. The minimum Gasteiger partial charge on any atom is -0.265 e. The van der Waals surface area contributed by atoms with E-state index in [9.17, 15) is 0 Å². The zero-order chi connectivity index (χ0) is 15.9. The first-order valence-electron chi connectivity index (χ1n) is 8.02. The summed E-state index contributed by atoms with van der Waals surface area (Å²) in [4.78, 5) is 9.04. The monoisotopic (exact) mass is 306 g/mol. The van der Waals surface area contributed by atoms with Crippen LogP contribution < -0.4 is 0 Å². The van der Waals surface area contributed by atoms with Crippen molar-refractivity contribution in [3.63, 3.8) is 0 Å². The first-order valence-corrected chi connectivity index (χ1v) is 8.02. The maximum atomic E-state index is 4.94. The van der Waals surface area contributed by atoms with Crippen LogP contribution in [0.15, 0.2) is 79.1 Å². The highest BCUT2D eigenvalue weighted by Crippen LogP contribution is 2.44. The highest BCUT2D eigenvalue weighted by molar-refractivity contribution is 6.07. The molecular weight excluding hydrogens is 292 g/mol. The zero-order valence-corrected chi connectivity index (χ0v) is 13.0. The van der Waals surface area contributed by atoms with Gasteiger partial charge in [-0.15, -0.1) is 0 Å². The van der Waals surface area contributed by atoms with Crippen LogP contribution in [0.3, 0.4) is 0 Å². The Morgan fingerprint density at radius 2 is 1.46 bits per heavy atom. The third kappa shape index (κ3) is 1.97. The normalized spacial score (nSPS) is 13.9. The van der Waals surface area contributed by atoms with Crippen molar-refractivity contribution < 1.29 is 0 Å². The van der Waals surface area contributed by atoms with Crippen LogP contribution in [0.25, 0.3) is 33.8 Å². The van der Waals surface area contributed by atoms with Crippen molar-refractivity contribution in [1.82, 2.24) is 9.97 Å². The van der Waals surface area contributed by atoms with Crippen molar-refractivity contribution in [2.24, 2.45) is 0 Å². The van der Waals surface area contributed by atoms with Crippen molar-refractivity contribution in [3.05, 3.63) is 95.8 Å². The molecule has 0 aliphatic heterocycles. The Kier molecular flexibility index (Phi) is 2.83. The predicted octanol–water partition coefficient (Wildman–Crippen LogP) is 5.20. The SMILES string of the molecule is C(=C1c2ccccc2-c2nc3ccccc3cc21)c1ccncc1. The molecule has 24 heavy (non-hydrogen) atoms. The number of hydrogen-bond donors (Lipinski definition) is 0. The van der Waals surface area contributed by atoms with Crippen LogP contribution in [-0.2, 0) is 0 Å². The summed E-state index contributed by atoms with van der Waals surface area (Å²) in [5.74, 6) is 0. The maximum absolute atomic E-state index is 4.94. The summed E-state index contributed by atoms with van der Waals surface area (Å²) in [6.07, 6.45) is 5.88. The molecule has 0 amide bonds. The second kappa shape index (κ2) is 5.14. The van der Waals surface area contributed by atoms with Crippen LogP contribution in [0.4, 0.5) is 0 Å². The molecule has 0 saturated heterocycles. The average Bonchev–Trinajstić information content (AvgIpc) is 2.94. The Bertz CT molecular complexity index is 1100. The number of aromatic nitrogens is 2. The van der Waals surface area contributed by atoms with Crippen molar-refractivity contribution >= 4 is 22.6 Å². The van der Waals surface area contributed by atoms with Crippen molar-refractivity contribution in [2.45, 2.75) is 0 Å². The van der Waals surface area contributed by atoms with E-state index >= 15 is 0 Å². The highest BCUT2D eigenvalue weighted by atomic mass is 14.7. The summed E-state index contributed by atoms with van der Waals surface area (Å²) < 4.78 is 0. The van der Waals surface area contributed by atoms with Gasteiger partial charge in [-0.2, -0.15) is 0 Å². The smallest absolute Gasteiger partial charge is 0.0794 e. The van der Waals surface area contributed by atoms with Gasteiger partial charge in [0.2, 0.25) is 0 Å². The van der Waals surface area contributed by atoms with Gasteiger partial charge < -0.3 is 0 Å². The Labute approximate surface area is 140 Å². The quantitative estimate of drug-likeness (QED) is 0.425. The summed E-state index contributed by atoms with van der Waals surface area (Å²) >= 11 is 0. The fourth-order valence-electron chi connectivity index (χ4n) is 3.38. The van der Waals surface area contributed by atoms with Gasteiger partial charge in [-0.3, -0.25) is 4.98 Å². The van der Waals surface area contributed by atoms with Gasteiger partial charge in [-0.05, 0) is 47.0 Å². The molecule has 0 unspecified atom stereocenters. The van der Waals surface area contributed by atoms with E-state index in [1.54, 1.807) is 0 Å². The van der Waals surface area contributed by atoms with Gasteiger partial charge in [0.1, 0.15) is 0 Å². The van der Waals surface area contributed by atoms with Crippen LogP contribution in [0.1, 0.15) is 16.7 Å². The average molecular weight is 306 g/mol. The van der Waals surface area contributed by atoms with Gasteiger partial charge in [0.05, 0.1) is 11.2 Å². The minimum absolute atomic E-state index is 1.04. The fraction of sp³-hybridized carbons (Fsp3) is 0. The van der Waals surface area contributed by atoms with Crippen LogP contribution in [0.5, 0.6) is 0 Å². The molecule has 2 nitrogen and oxygen atoms in total. The second-order valence-corrected chi connectivity index (χ2v) is 5.96. The highest BCUT2D eigenvalue weighted by Gasteiger charge is 2.24. The van der Waals surface area contributed by atoms with Crippen molar-refractivity contribution in [1.29, 1.82) is 0 Å². The fourth-order valence-corrected chi connectivity index (χ4v) is 3.38. The molecule has 1 aliphatic carbocycles. The molecule has 0 N–H and O–H groups in total. The minimum atomic E-state index is 1.04. The lowest BCUT2D eigenvalue weighted by Gasteiger charge is -2.05. The van der Waals surface area contributed by atoms with Crippen molar-refractivity contribution in [2.75, 3.05) is 0 Å². The lowest BCUT2D eigenvalue weighted by atomic mass is 10.0. The van der Waals surface area contributed by atoms with Gasteiger partial charge in [0, 0.05) is 28.9 Å². The molecule has 0 radical (unpaired) electrons. The summed E-state index contributed by atoms with van der Waals surface area (Å²) in [5, 5.41) is 1.17. The molecule has 2 aromatic carbocycles. The zero-order valence-electron chi connectivity index (χ0n) is 13.0.